The average molecular weight is 312 g/mol. The molecule has 0 bridgehead atoms. The number of carbonyl (C=O) groups excluding carboxylic acids is 1. The number of hydrogen-bond acceptors (Lipinski definition) is 5. The Morgan fingerprint density at radius 2 is 2.18 bits per heavy atom. The van der Waals surface area contributed by atoms with Crippen LogP contribution < -0.4 is 11.1 Å². The Bertz CT molecular complexity index is 349. The van der Waals surface area contributed by atoms with E-state index in [9.17, 15) is 9.90 Å². The van der Waals surface area contributed by atoms with Crippen LogP contribution in [-0.2, 0) is 4.79 Å². The first-order valence-electron chi connectivity index (χ1n) is 8.69. The highest BCUT2D eigenvalue weighted by atomic mass is 16.3. The first kappa shape index (κ1) is 17.7. The van der Waals surface area contributed by atoms with Crippen LogP contribution in [0.1, 0.15) is 38.5 Å². The molecule has 0 radical (unpaired) electrons. The van der Waals surface area contributed by atoms with E-state index >= 15 is 0 Å². The SMILES string of the molecule is CN(CC(O)CN1CCCCC1CNC(=O)CCN)C1CC1. The van der Waals surface area contributed by atoms with Crippen molar-refractivity contribution in [3.63, 3.8) is 0 Å². The molecule has 0 aromatic heterocycles. The molecule has 2 unspecified atom stereocenters. The standard InChI is InChI=1S/C16H32N4O2/c1-19(13-5-6-13)11-15(21)12-20-9-3-2-4-14(20)10-18-16(22)7-8-17/h13-15,21H,2-12,17H2,1H3,(H,18,22). The number of piperidine rings is 1. The highest BCUT2D eigenvalue weighted by Gasteiger charge is 2.29. The molecule has 0 aromatic carbocycles. The summed E-state index contributed by atoms with van der Waals surface area (Å²) in [7, 11) is 2.10. The van der Waals surface area contributed by atoms with Gasteiger partial charge in [0.2, 0.25) is 5.91 Å². The van der Waals surface area contributed by atoms with Gasteiger partial charge in [-0.3, -0.25) is 9.69 Å². The summed E-state index contributed by atoms with van der Waals surface area (Å²) in [6, 6.07) is 1.03. The molecule has 22 heavy (non-hydrogen) atoms. The van der Waals surface area contributed by atoms with Gasteiger partial charge in [0.25, 0.3) is 0 Å². The van der Waals surface area contributed by atoms with Crippen LogP contribution in [0.5, 0.6) is 0 Å². The maximum Gasteiger partial charge on any atom is 0.221 e. The van der Waals surface area contributed by atoms with Crippen molar-refractivity contribution in [1.29, 1.82) is 0 Å². The minimum absolute atomic E-state index is 0.0297. The van der Waals surface area contributed by atoms with Gasteiger partial charge in [-0.05, 0) is 39.3 Å². The van der Waals surface area contributed by atoms with Crippen LogP contribution in [0.4, 0.5) is 0 Å². The first-order chi connectivity index (χ1) is 10.6. The fourth-order valence-electron chi connectivity index (χ4n) is 3.31. The lowest BCUT2D eigenvalue weighted by Crippen LogP contribution is -2.50. The second-order valence-corrected chi connectivity index (χ2v) is 6.81. The molecule has 0 aromatic rings. The third kappa shape index (κ3) is 5.83. The van der Waals surface area contributed by atoms with E-state index in [1.165, 1.54) is 25.7 Å². The third-order valence-corrected chi connectivity index (χ3v) is 4.77. The number of aliphatic hydroxyl groups is 1. The zero-order valence-corrected chi connectivity index (χ0v) is 13.8. The van der Waals surface area contributed by atoms with Gasteiger partial charge in [0.1, 0.15) is 0 Å². The van der Waals surface area contributed by atoms with Gasteiger partial charge in [-0.2, -0.15) is 0 Å². The molecule has 1 aliphatic carbocycles. The van der Waals surface area contributed by atoms with E-state index in [-0.39, 0.29) is 12.0 Å². The monoisotopic (exact) mass is 312 g/mol. The Morgan fingerprint density at radius 1 is 1.41 bits per heavy atom. The fraction of sp³-hybridized carbons (Fsp3) is 0.938. The zero-order chi connectivity index (χ0) is 15.9. The van der Waals surface area contributed by atoms with Crippen LogP contribution in [-0.4, -0.2) is 78.8 Å². The van der Waals surface area contributed by atoms with Gasteiger partial charge < -0.3 is 21.1 Å². The molecule has 2 fully saturated rings. The minimum atomic E-state index is -0.314. The Kier molecular flexibility index (Phi) is 7.08. The van der Waals surface area contributed by atoms with E-state index in [2.05, 4.69) is 22.2 Å². The van der Waals surface area contributed by atoms with E-state index in [1.807, 2.05) is 0 Å². The number of nitrogens with one attached hydrogen (secondary N) is 1. The molecule has 1 heterocycles. The van der Waals surface area contributed by atoms with Crippen molar-refractivity contribution in [1.82, 2.24) is 15.1 Å². The number of amides is 1. The predicted molar refractivity (Wildman–Crippen MR) is 87.6 cm³/mol. The Labute approximate surface area is 134 Å². The molecule has 2 atom stereocenters. The van der Waals surface area contributed by atoms with Gasteiger partial charge in [-0.1, -0.05) is 6.42 Å². The molecular formula is C16H32N4O2. The van der Waals surface area contributed by atoms with Crippen LogP contribution in [0.3, 0.4) is 0 Å². The summed E-state index contributed by atoms with van der Waals surface area (Å²) in [5.41, 5.74) is 5.40. The van der Waals surface area contributed by atoms with Crippen LogP contribution in [0.25, 0.3) is 0 Å². The summed E-state index contributed by atoms with van der Waals surface area (Å²) < 4.78 is 0. The molecule has 6 nitrogen and oxygen atoms in total. The van der Waals surface area contributed by atoms with Crippen molar-refractivity contribution >= 4 is 5.91 Å². The quantitative estimate of drug-likeness (QED) is 0.547. The topological polar surface area (TPSA) is 81.8 Å². The first-order valence-corrected chi connectivity index (χ1v) is 8.69. The zero-order valence-electron chi connectivity index (χ0n) is 13.8. The van der Waals surface area contributed by atoms with Crippen LogP contribution in [0, 0.1) is 0 Å². The van der Waals surface area contributed by atoms with Gasteiger partial charge in [-0.25, -0.2) is 0 Å². The van der Waals surface area contributed by atoms with Crippen molar-refractivity contribution < 1.29 is 9.90 Å². The number of nitrogens with zero attached hydrogens (tertiary/aromatic N) is 2. The summed E-state index contributed by atoms with van der Waals surface area (Å²) in [4.78, 5) is 16.2. The second-order valence-electron chi connectivity index (χ2n) is 6.81. The van der Waals surface area contributed by atoms with E-state index < -0.39 is 0 Å². The smallest absolute Gasteiger partial charge is 0.221 e. The van der Waals surface area contributed by atoms with Crippen LogP contribution >= 0.6 is 0 Å². The molecular weight excluding hydrogens is 280 g/mol. The van der Waals surface area contributed by atoms with Crippen molar-refractivity contribution in [2.75, 3.05) is 39.8 Å². The average Bonchev–Trinajstić information content (AvgIpc) is 3.31. The number of β-amino-alcohol motifs (C(OH)–C–C–N with tert-alkyl or cyclic N) is 1. The van der Waals surface area contributed by atoms with E-state index in [0.717, 1.165) is 19.5 Å². The highest BCUT2D eigenvalue weighted by Crippen LogP contribution is 2.25. The fourth-order valence-corrected chi connectivity index (χ4v) is 3.31. The second kappa shape index (κ2) is 8.82. The maximum absolute atomic E-state index is 11.6. The Hall–Kier alpha value is -0.690. The van der Waals surface area contributed by atoms with E-state index in [4.69, 9.17) is 5.73 Å². The summed E-state index contributed by atoms with van der Waals surface area (Å²) in [6.07, 6.45) is 6.08. The number of carbonyl (C=O) groups is 1. The molecule has 128 valence electrons. The molecule has 6 heteroatoms. The summed E-state index contributed by atoms with van der Waals surface area (Å²) in [6.45, 7) is 3.53. The van der Waals surface area contributed by atoms with E-state index in [1.54, 1.807) is 0 Å². The van der Waals surface area contributed by atoms with Gasteiger partial charge in [-0.15, -0.1) is 0 Å². The lowest BCUT2D eigenvalue weighted by molar-refractivity contribution is -0.121. The molecule has 2 aliphatic rings. The molecule has 1 saturated carbocycles. The van der Waals surface area contributed by atoms with Gasteiger partial charge in [0, 0.05) is 44.7 Å². The third-order valence-electron chi connectivity index (χ3n) is 4.77. The minimum Gasteiger partial charge on any atom is -0.390 e. The number of likely N-dealkylation sites (N-methyl/N-ethyl adjacent to an activating group) is 1. The number of hydrogen-bond donors (Lipinski definition) is 3. The summed E-state index contributed by atoms with van der Waals surface area (Å²) in [5.74, 6) is 0.0297. The van der Waals surface area contributed by atoms with Gasteiger partial charge >= 0.3 is 0 Å². The number of aliphatic hydroxyl groups excluding tert-OH is 1. The highest BCUT2D eigenvalue weighted by molar-refractivity contribution is 5.76. The molecule has 2 rings (SSSR count). The lowest BCUT2D eigenvalue weighted by Gasteiger charge is -2.37. The maximum atomic E-state index is 11.6. The molecule has 1 amide bonds. The number of likely N-dealkylation sites (tertiary alicyclic amines) is 1. The van der Waals surface area contributed by atoms with Crippen molar-refractivity contribution in [3.8, 4) is 0 Å². The normalized spacial score (nSPS) is 24.5. The summed E-state index contributed by atoms with van der Waals surface area (Å²) in [5, 5.41) is 13.3. The molecule has 4 N–H and O–H groups in total. The Balaban J connectivity index is 1.74. The largest absolute Gasteiger partial charge is 0.390 e. The van der Waals surface area contributed by atoms with Crippen LogP contribution in [0.2, 0.25) is 0 Å². The van der Waals surface area contributed by atoms with Crippen molar-refractivity contribution in [3.05, 3.63) is 0 Å². The van der Waals surface area contributed by atoms with Crippen molar-refractivity contribution in [2.24, 2.45) is 5.73 Å². The predicted octanol–water partition coefficient (Wildman–Crippen LogP) is -0.239. The Morgan fingerprint density at radius 3 is 2.86 bits per heavy atom. The van der Waals surface area contributed by atoms with Crippen LogP contribution in [0.15, 0.2) is 0 Å². The molecule has 1 aliphatic heterocycles. The van der Waals surface area contributed by atoms with Crippen molar-refractivity contribution in [2.45, 2.75) is 56.7 Å². The van der Waals surface area contributed by atoms with Gasteiger partial charge in [0.05, 0.1) is 6.10 Å². The summed E-state index contributed by atoms with van der Waals surface area (Å²) >= 11 is 0. The molecule has 1 saturated heterocycles. The van der Waals surface area contributed by atoms with E-state index in [0.29, 0.717) is 38.1 Å². The number of nitrogens with two attached hydrogens (primary N) is 1. The molecule has 0 spiro atoms. The lowest BCUT2D eigenvalue weighted by atomic mass is 10.0. The number of rotatable bonds is 9. The van der Waals surface area contributed by atoms with Gasteiger partial charge in [0.15, 0.2) is 0 Å².